The Morgan fingerprint density at radius 3 is 3.16 bits per heavy atom. The maximum atomic E-state index is 11.9. The van der Waals surface area contributed by atoms with Crippen molar-refractivity contribution in [3.63, 3.8) is 0 Å². The van der Waals surface area contributed by atoms with Crippen LogP contribution in [0.3, 0.4) is 0 Å². The summed E-state index contributed by atoms with van der Waals surface area (Å²) in [6.07, 6.45) is 2.12. The molecule has 2 heterocycles. The number of hydrogen-bond acceptors (Lipinski definition) is 5. The Bertz CT molecular complexity index is 528. The molecule has 0 saturated carbocycles. The molecule has 6 heteroatoms. The Balaban J connectivity index is 2.29. The van der Waals surface area contributed by atoms with E-state index >= 15 is 0 Å². The van der Waals surface area contributed by atoms with Gasteiger partial charge < -0.3 is 10.1 Å². The van der Waals surface area contributed by atoms with Crippen molar-refractivity contribution in [3.8, 4) is 0 Å². The van der Waals surface area contributed by atoms with Crippen molar-refractivity contribution in [2.45, 2.75) is 13.3 Å². The molecule has 0 spiro atoms. The van der Waals surface area contributed by atoms with Gasteiger partial charge >= 0.3 is 5.97 Å². The fourth-order valence-electron chi connectivity index (χ4n) is 1.84. The summed E-state index contributed by atoms with van der Waals surface area (Å²) < 4.78 is 4.86. The predicted molar refractivity (Wildman–Crippen MR) is 67.7 cm³/mol. The number of esters is 1. The van der Waals surface area contributed by atoms with Gasteiger partial charge in [-0.1, -0.05) is 19.6 Å². The minimum absolute atomic E-state index is 0.0327. The Hall–Kier alpha value is -2.24. The molecule has 1 amide bonds. The van der Waals surface area contributed by atoms with E-state index in [4.69, 9.17) is 4.74 Å². The van der Waals surface area contributed by atoms with Crippen LogP contribution in [-0.4, -0.2) is 35.2 Å². The maximum Gasteiger partial charge on any atom is 0.359 e. The van der Waals surface area contributed by atoms with Crippen LogP contribution in [0, 0.1) is 5.92 Å². The molecule has 0 saturated heterocycles. The molecule has 19 heavy (non-hydrogen) atoms. The normalized spacial score (nSPS) is 17.9. The van der Waals surface area contributed by atoms with Gasteiger partial charge in [-0.2, -0.15) is 5.10 Å². The lowest BCUT2D eigenvalue weighted by Crippen LogP contribution is -2.26. The molecule has 1 aliphatic heterocycles. The first-order chi connectivity index (χ1) is 9.11. The van der Waals surface area contributed by atoms with Crippen LogP contribution < -0.4 is 5.32 Å². The molecular weight excluding hydrogens is 246 g/mol. The quantitative estimate of drug-likeness (QED) is 0.641. The molecular formula is C13H15N3O3. The number of amides is 1. The summed E-state index contributed by atoms with van der Waals surface area (Å²) in [6, 6.07) is 1.43. The summed E-state index contributed by atoms with van der Waals surface area (Å²) in [5.74, 6) is -0.551. The smallest absolute Gasteiger partial charge is 0.359 e. The molecule has 0 aliphatic carbocycles. The standard InChI is InChI=1S/C13H15N3O3/c1-3-4-19-13(18)11-6-9-10(15-16-11)5-8(2)7-14-12(9)17/h3,6,8H,1,4-5,7H2,2H3,(H,14,17). The third-order valence-corrected chi connectivity index (χ3v) is 2.81. The molecule has 1 aromatic heterocycles. The van der Waals surface area contributed by atoms with E-state index in [1.165, 1.54) is 12.1 Å². The molecule has 1 unspecified atom stereocenters. The van der Waals surface area contributed by atoms with Crippen LogP contribution in [0.25, 0.3) is 0 Å². The van der Waals surface area contributed by atoms with Crippen LogP contribution in [0.1, 0.15) is 33.5 Å². The lowest BCUT2D eigenvalue weighted by molar-refractivity contribution is 0.0541. The number of hydrogen-bond donors (Lipinski definition) is 1. The molecule has 100 valence electrons. The first kappa shape index (κ1) is 13.2. The highest BCUT2D eigenvalue weighted by Crippen LogP contribution is 2.15. The highest BCUT2D eigenvalue weighted by Gasteiger charge is 2.23. The monoisotopic (exact) mass is 261 g/mol. The van der Waals surface area contributed by atoms with E-state index in [0.29, 0.717) is 24.2 Å². The van der Waals surface area contributed by atoms with E-state index in [-0.39, 0.29) is 24.1 Å². The number of aromatic nitrogens is 2. The zero-order valence-electron chi connectivity index (χ0n) is 10.7. The summed E-state index contributed by atoms with van der Waals surface area (Å²) >= 11 is 0. The van der Waals surface area contributed by atoms with Gasteiger partial charge in [0.2, 0.25) is 0 Å². The number of nitrogens with zero attached hydrogens (tertiary/aromatic N) is 2. The van der Waals surface area contributed by atoms with Crippen LogP contribution >= 0.6 is 0 Å². The highest BCUT2D eigenvalue weighted by molar-refractivity contribution is 5.98. The predicted octanol–water partition coefficient (Wildman–Crippen LogP) is 0.741. The molecule has 0 aromatic carbocycles. The molecule has 1 N–H and O–H groups in total. The molecule has 1 atom stereocenters. The molecule has 0 radical (unpaired) electrons. The van der Waals surface area contributed by atoms with Crippen LogP contribution in [0.2, 0.25) is 0 Å². The second-order valence-electron chi connectivity index (χ2n) is 4.50. The van der Waals surface area contributed by atoms with Crippen LogP contribution in [0.5, 0.6) is 0 Å². The van der Waals surface area contributed by atoms with E-state index in [0.717, 1.165) is 0 Å². The van der Waals surface area contributed by atoms with Crippen molar-refractivity contribution in [3.05, 3.63) is 35.7 Å². The first-order valence-corrected chi connectivity index (χ1v) is 6.04. The summed E-state index contributed by atoms with van der Waals surface area (Å²) in [7, 11) is 0. The van der Waals surface area contributed by atoms with E-state index in [1.54, 1.807) is 0 Å². The third-order valence-electron chi connectivity index (χ3n) is 2.81. The van der Waals surface area contributed by atoms with Crippen LogP contribution in [-0.2, 0) is 11.2 Å². The van der Waals surface area contributed by atoms with Crippen LogP contribution in [0.4, 0.5) is 0 Å². The van der Waals surface area contributed by atoms with Crippen molar-refractivity contribution in [2.24, 2.45) is 5.92 Å². The Morgan fingerprint density at radius 1 is 1.63 bits per heavy atom. The van der Waals surface area contributed by atoms with E-state index in [1.807, 2.05) is 6.92 Å². The minimum atomic E-state index is -0.611. The van der Waals surface area contributed by atoms with Gasteiger partial charge in [0, 0.05) is 6.54 Å². The minimum Gasteiger partial charge on any atom is -0.457 e. The Morgan fingerprint density at radius 2 is 2.42 bits per heavy atom. The fraction of sp³-hybridized carbons (Fsp3) is 0.385. The van der Waals surface area contributed by atoms with Gasteiger partial charge in [0.25, 0.3) is 5.91 Å². The first-order valence-electron chi connectivity index (χ1n) is 6.04. The topological polar surface area (TPSA) is 81.2 Å². The maximum absolute atomic E-state index is 11.9. The van der Waals surface area contributed by atoms with Crippen molar-refractivity contribution in [1.82, 2.24) is 15.5 Å². The third kappa shape index (κ3) is 2.96. The van der Waals surface area contributed by atoms with E-state index in [9.17, 15) is 9.59 Å². The summed E-state index contributed by atoms with van der Waals surface area (Å²) in [5.41, 5.74) is 1.04. The second kappa shape index (κ2) is 5.60. The number of carbonyl (C=O) groups excluding carboxylic acids is 2. The summed E-state index contributed by atoms with van der Waals surface area (Å²) in [5, 5.41) is 10.6. The van der Waals surface area contributed by atoms with Gasteiger partial charge in [-0.05, 0) is 18.4 Å². The van der Waals surface area contributed by atoms with Gasteiger partial charge in [0.15, 0.2) is 5.69 Å². The van der Waals surface area contributed by atoms with Gasteiger partial charge in [-0.25, -0.2) is 4.79 Å². The van der Waals surface area contributed by atoms with E-state index in [2.05, 4.69) is 22.1 Å². The average molecular weight is 261 g/mol. The number of rotatable bonds is 3. The zero-order valence-corrected chi connectivity index (χ0v) is 10.7. The molecule has 0 bridgehead atoms. The molecule has 0 fully saturated rings. The summed E-state index contributed by atoms with van der Waals surface area (Å²) in [4.78, 5) is 23.5. The molecule has 6 nitrogen and oxygen atoms in total. The van der Waals surface area contributed by atoms with Crippen molar-refractivity contribution in [2.75, 3.05) is 13.2 Å². The number of carbonyl (C=O) groups is 2. The number of fused-ring (bicyclic) bond motifs is 1. The summed E-state index contributed by atoms with van der Waals surface area (Å²) in [6.45, 7) is 6.16. The van der Waals surface area contributed by atoms with E-state index < -0.39 is 5.97 Å². The van der Waals surface area contributed by atoms with Gasteiger partial charge in [0.1, 0.15) is 6.61 Å². The number of ether oxygens (including phenoxy) is 1. The molecule has 1 aliphatic rings. The zero-order chi connectivity index (χ0) is 13.8. The van der Waals surface area contributed by atoms with Crippen molar-refractivity contribution < 1.29 is 14.3 Å². The largest absolute Gasteiger partial charge is 0.457 e. The SMILES string of the molecule is C=CCOC(=O)c1cc2c(nn1)CC(C)CNC2=O. The van der Waals surface area contributed by atoms with Crippen LogP contribution in [0.15, 0.2) is 18.7 Å². The lowest BCUT2D eigenvalue weighted by Gasteiger charge is -2.06. The highest BCUT2D eigenvalue weighted by atomic mass is 16.5. The van der Waals surface area contributed by atoms with Crippen molar-refractivity contribution in [1.29, 1.82) is 0 Å². The van der Waals surface area contributed by atoms with Gasteiger partial charge in [0.05, 0.1) is 11.3 Å². The second-order valence-corrected chi connectivity index (χ2v) is 4.50. The molecule has 2 rings (SSSR count). The van der Waals surface area contributed by atoms with Crippen molar-refractivity contribution >= 4 is 11.9 Å². The van der Waals surface area contributed by atoms with Gasteiger partial charge in [-0.15, -0.1) is 5.10 Å². The average Bonchev–Trinajstić information content (AvgIpc) is 2.55. The Kier molecular flexibility index (Phi) is 3.89. The van der Waals surface area contributed by atoms with Gasteiger partial charge in [-0.3, -0.25) is 4.79 Å². The molecule has 1 aromatic rings. The number of nitrogens with one attached hydrogen (secondary N) is 1. The fourth-order valence-corrected chi connectivity index (χ4v) is 1.84. The Labute approximate surface area is 110 Å². The lowest BCUT2D eigenvalue weighted by atomic mass is 10.0.